The molecule has 124 valence electrons. The van der Waals surface area contributed by atoms with Crippen molar-refractivity contribution in [2.24, 2.45) is 20.8 Å². The van der Waals surface area contributed by atoms with Gasteiger partial charge < -0.3 is 0 Å². The number of aliphatic imine (C=N–C) groups is 2. The highest BCUT2D eigenvalue weighted by Gasteiger charge is 2.29. The molecule has 0 fully saturated rings. The molecule has 0 aromatic heterocycles. The fourth-order valence-electron chi connectivity index (χ4n) is 3.05. The minimum atomic E-state index is -0.0576. The molecule has 0 unspecified atom stereocenters. The zero-order valence-corrected chi connectivity index (χ0v) is 15.5. The summed E-state index contributed by atoms with van der Waals surface area (Å²) in [6.45, 7) is 13.3. The maximum Gasteiger partial charge on any atom is 0.0724 e. The Morgan fingerprint density at radius 2 is 0.875 bits per heavy atom. The van der Waals surface area contributed by atoms with Crippen molar-refractivity contribution in [1.82, 2.24) is 0 Å². The molecule has 0 N–H and O–H groups in total. The van der Waals surface area contributed by atoms with E-state index in [0.29, 0.717) is 0 Å². The normalized spacial score (nSPS) is 14.8. The van der Waals surface area contributed by atoms with Gasteiger partial charge in [-0.2, -0.15) is 0 Å². The van der Waals surface area contributed by atoms with Crippen molar-refractivity contribution >= 4 is 22.8 Å². The van der Waals surface area contributed by atoms with Gasteiger partial charge in [0.15, 0.2) is 0 Å². The first kappa shape index (κ1) is 16.6. The minimum Gasteiger partial charge on any atom is -0.252 e. The summed E-state index contributed by atoms with van der Waals surface area (Å²) in [4.78, 5) is 10.2. The van der Waals surface area contributed by atoms with E-state index in [4.69, 9.17) is 9.98 Å². The second-order valence-corrected chi connectivity index (χ2v) is 8.46. The molecule has 24 heavy (non-hydrogen) atoms. The number of hydrogen-bond donors (Lipinski definition) is 0. The van der Waals surface area contributed by atoms with E-state index in [-0.39, 0.29) is 10.8 Å². The van der Waals surface area contributed by atoms with Crippen LogP contribution < -0.4 is 0 Å². The Morgan fingerprint density at radius 1 is 0.542 bits per heavy atom. The third-order valence-corrected chi connectivity index (χ3v) is 4.20. The molecular formula is C22H26N2. The first-order valence-corrected chi connectivity index (χ1v) is 8.55. The van der Waals surface area contributed by atoms with Gasteiger partial charge in [0, 0.05) is 22.0 Å². The molecule has 0 amide bonds. The van der Waals surface area contributed by atoms with Crippen LogP contribution in [0.2, 0.25) is 0 Å². The van der Waals surface area contributed by atoms with Crippen LogP contribution in [0, 0.1) is 10.8 Å². The van der Waals surface area contributed by atoms with Crippen LogP contribution in [0.15, 0.2) is 58.5 Å². The molecule has 2 aromatic carbocycles. The summed E-state index contributed by atoms with van der Waals surface area (Å²) in [7, 11) is 0. The van der Waals surface area contributed by atoms with E-state index < -0.39 is 0 Å². The van der Waals surface area contributed by atoms with E-state index in [0.717, 1.165) is 33.9 Å². The van der Waals surface area contributed by atoms with Gasteiger partial charge >= 0.3 is 0 Å². The third-order valence-electron chi connectivity index (χ3n) is 4.20. The molecule has 0 saturated heterocycles. The summed E-state index contributed by atoms with van der Waals surface area (Å²) in [5.41, 5.74) is 6.32. The van der Waals surface area contributed by atoms with Crippen LogP contribution >= 0.6 is 0 Å². The molecule has 1 heterocycles. The summed E-state index contributed by atoms with van der Waals surface area (Å²) < 4.78 is 0. The fraction of sp³-hybridized carbons (Fsp3) is 0.364. The van der Waals surface area contributed by atoms with Gasteiger partial charge in [-0.3, -0.25) is 9.98 Å². The summed E-state index contributed by atoms with van der Waals surface area (Å²) in [5, 5.41) is 0. The first-order chi connectivity index (χ1) is 11.2. The average Bonchev–Trinajstić information content (AvgIpc) is 2.47. The topological polar surface area (TPSA) is 24.7 Å². The number of hydrogen-bond acceptors (Lipinski definition) is 2. The maximum atomic E-state index is 5.11. The second-order valence-electron chi connectivity index (χ2n) is 8.46. The van der Waals surface area contributed by atoms with E-state index in [1.54, 1.807) is 0 Å². The third kappa shape index (κ3) is 3.06. The van der Waals surface area contributed by atoms with Gasteiger partial charge in [0.25, 0.3) is 0 Å². The summed E-state index contributed by atoms with van der Waals surface area (Å²) >= 11 is 0. The van der Waals surface area contributed by atoms with Crippen LogP contribution in [-0.4, -0.2) is 11.4 Å². The van der Waals surface area contributed by atoms with Crippen molar-refractivity contribution in [2.75, 3.05) is 0 Å². The number of nitrogens with zero attached hydrogens (tertiary/aromatic N) is 2. The van der Waals surface area contributed by atoms with Gasteiger partial charge in [0.1, 0.15) is 0 Å². The van der Waals surface area contributed by atoms with E-state index in [1.807, 2.05) is 0 Å². The molecule has 0 saturated carbocycles. The van der Waals surface area contributed by atoms with Gasteiger partial charge in [-0.05, 0) is 12.1 Å². The smallest absolute Gasteiger partial charge is 0.0724 e. The van der Waals surface area contributed by atoms with Crippen molar-refractivity contribution in [3.05, 3.63) is 59.7 Å². The van der Waals surface area contributed by atoms with E-state index >= 15 is 0 Å². The lowest BCUT2D eigenvalue weighted by atomic mass is 9.82. The van der Waals surface area contributed by atoms with Crippen molar-refractivity contribution in [3.8, 4) is 0 Å². The van der Waals surface area contributed by atoms with Crippen molar-refractivity contribution in [1.29, 1.82) is 0 Å². The van der Waals surface area contributed by atoms with Crippen molar-refractivity contribution in [3.63, 3.8) is 0 Å². The Labute approximate surface area is 145 Å². The summed E-state index contributed by atoms with van der Waals surface area (Å²) in [6, 6.07) is 16.7. The Balaban J connectivity index is 2.40. The molecule has 0 atom stereocenters. The SMILES string of the molecule is CC(C)(C)C1=Nc2ccccc2C(C(C)(C)C)=Nc2ccccc21. The highest BCUT2D eigenvalue weighted by atomic mass is 14.8. The van der Waals surface area contributed by atoms with Crippen LogP contribution in [0.3, 0.4) is 0 Å². The van der Waals surface area contributed by atoms with Crippen LogP contribution in [0.25, 0.3) is 0 Å². The predicted molar refractivity (Wildman–Crippen MR) is 104 cm³/mol. The molecular weight excluding hydrogens is 292 g/mol. The van der Waals surface area contributed by atoms with E-state index in [9.17, 15) is 0 Å². The molecule has 2 aromatic rings. The number of para-hydroxylation sites is 2. The standard InChI is InChI=1S/C22H26N2/c1-21(2,3)19-15-11-7-9-13-17(15)24-20(22(4,5)6)16-12-8-10-14-18(16)23-19/h7-14H,1-6H3. The van der Waals surface area contributed by atoms with Crippen LogP contribution in [0.1, 0.15) is 52.7 Å². The lowest BCUT2D eigenvalue weighted by molar-refractivity contribution is 0.589. The first-order valence-electron chi connectivity index (χ1n) is 8.55. The van der Waals surface area contributed by atoms with Gasteiger partial charge in [0.2, 0.25) is 0 Å². The fourth-order valence-corrected chi connectivity index (χ4v) is 3.05. The number of rotatable bonds is 0. The highest BCUT2D eigenvalue weighted by Crippen LogP contribution is 2.38. The summed E-state index contributed by atoms with van der Waals surface area (Å²) in [6.07, 6.45) is 0. The van der Waals surface area contributed by atoms with Gasteiger partial charge in [-0.15, -0.1) is 0 Å². The van der Waals surface area contributed by atoms with Crippen LogP contribution in [0.5, 0.6) is 0 Å². The monoisotopic (exact) mass is 318 g/mol. The lowest BCUT2D eigenvalue weighted by Crippen LogP contribution is -2.25. The predicted octanol–water partition coefficient (Wildman–Crippen LogP) is 6.33. The Bertz CT molecular complexity index is 756. The van der Waals surface area contributed by atoms with Crippen molar-refractivity contribution < 1.29 is 0 Å². The molecule has 0 spiro atoms. The highest BCUT2D eigenvalue weighted by molar-refractivity contribution is 6.15. The molecule has 2 heteroatoms. The number of benzene rings is 2. The van der Waals surface area contributed by atoms with Crippen LogP contribution in [-0.2, 0) is 0 Å². The molecule has 0 bridgehead atoms. The number of fused-ring (bicyclic) bond motifs is 2. The van der Waals surface area contributed by atoms with E-state index in [1.165, 1.54) is 0 Å². The molecule has 0 aliphatic carbocycles. The Kier molecular flexibility index (Phi) is 3.95. The average molecular weight is 318 g/mol. The molecule has 2 nitrogen and oxygen atoms in total. The quantitative estimate of drug-likeness (QED) is 0.542. The van der Waals surface area contributed by atoms with Gasteiger partial charge in [0.05, 0.1) is 22.8 Å². The second kappa shape index (κ2) is 5.70. The molecule has 1 aliphatic rings. The lowest BCUT2D eigenvalue weighted by Gasteiger charge is -2.28. The molecule has 0 radical (unpaired) electrons. The van der Waals surface area contributed by atoms with E-state index in [2.05, 4.69) is 90.1 Å². The largest absolute Gasteiger partial charge is 0.252 e. The van der Waals surface area contributed by atoms with Gasteiger partial charge in [-0.25, -0.2) is 0 Å². The summed E-state index contributed by atoms with van der Waals surface area (Å²) in [5.74, 6) is 0. The molecule has 3 rings (SSSR count). The Hall–Kier alpha value is -2.22. The maximum absolute atomic E-state index is 5.11. The Morgan fingerprint density at radius 3 is 1.21 bits per heavy atom. The molecule has 1 aliphatic heterocycles. The zero-order valence-electron chi connectivity index (χ0n) is 15.5. The zero-order chi connectivity index (χ0) is 17.5. The minimum absolute atomic E-state index is 0.0576. The van der Waals surface area contributed by atoms with Crippen LogP contribution in [0.4, 0.5) is 11.4 Å². The van der Waals surface area contributed by atoms with Gasteiger partial charge in [-0.1, -0.05) is 77.9 Å². The van der Waals surface area contributed by atoms with Crippen molar-refractivity contribution in [2.45, 2.75) is 41.5 Å².